The number of amides is 5. The summed E-state index contributed by atoms with van der Waals surface area (Å²) in [6, 6.07) is 12.0. The molecular weight excluding hydrogens is 1170 g/mol. The monoisotopic (exact) mass is 1260 g/mol. The molecule has 12 atom stereocenters. The normalized spacial score (nSPS) is 19.9. The van der Waals surface area contributed by atoms with Gasteiger partial charge in [-0.05, 0) is 92.5 Å². The number of carbonyl (C=O) groups excluding carboxylic acids is 5. The van der Waals surface area contributed by atoms with Gasteiger partial charge in [-0.15, -0.1) is 10.2 Å². The van der Waals surface area contributed by atoms with Gasteiger partial charge >= 0.3 is 11.2 Å². The number of carboxylic acids is 1. The molecule has 27 heteroatoms. The van der Waals surface area contributed by atoms with E-state index >= 15 is 0 Å². The summed E-state index contributed by atoms with van der Waals surface area (Å²) in [5, 5.41) is 31.2. The number of likely N-dealkylation sites (tertiary alicyclic amines) is 2. The van der Waals surface area contributed by atoms with Gasteiger partial charge in [-0.3, -0.25) is 28.5 Å². The van der Waals surface area contributed by atoms with Crippen LogP contribution in [0.5, 0.6) is 5.75 Å². The highest BCUT2D eigenvalue weighted by molar-refractivity contribution is 7.79. The van der Waals surface area contributed by atoms with E-state index in [1.807, 2.05) is 52.1 Å². The number of piperidine rings is 1. The summed E-state index contributed by atoms with van der Waals surface area (Å²) >= 11 is -2.35. The molecule has 1 aliphatic carbocycles. The van der Waals surface area contributed by atoms with Crippen LogP contribution in [0.1, 0.15) is 104 Å². The van der Waals surface area contributed by atoms with Crippen molar-refractivity contribution in [3.05, 3.63) is 72.1 Å². The molecule has 4 aromatic rings. The Kier molecular flexibility index (Phi) is 27.0. The van der Waals surface area contributed by atoms with Crippen LogP contribution in [0.2, 0.25) is 0 Å². The lowest BCUT2D eigenvalue weighted by Gasteiger charge is -2.41. The van der Waals surface area contributed by atoms with E-state index in [1.54, 1.807) is 69.8 Å². The summed E-state index contributed by atoms with van der Waals surface area (Å²) in [7, 11) is 4.69. The van der Waals surface area contributed by atoms with E-state index < -0.39 is 71.3 Å². The van der Waals surface area contributed by atoms with Gasteiger partial charge in [0.2, 0.25) is 46.5 Å². The molecule has 89 heavy (non-hydrogen) atoms. The number of rotatable bonds is 38. The van der Waals surface area contributed by atoms with Gasteiger partial charge in [0, 0.05) is 58.5 Å². The molecule has 490 valence electrons. The van der Waals surface area contributed by atoms with Crippen LogP contribution in [0.25, 0.3) is 11.5 Å². The van der Waals surface area contributed by atoms with Crippen LogP contribution in [0.15, 0.2) is 70.4 Å². The maximum absolute atomic E-state index is 14.8. The van der Waals surface area contributed by atoms with E-state index in [9.17, 15) is 38.1 Å². The van der Waals surface area contributed by atoms with Gasteiger partial charge in [0.05, 0.1) is 88.5 Å². The fraction of sp³-hybridized carbons (Fsp3) is 0.645. The van der Waals surface area contributed by atoms with Crippen molar-refractivity contribution < 1.29 is 75.5 Å². The number of likely N-dealkylation sites (N-methyl/N-ethyl adjacent to an activating group) is 1. The minimum absolute atomic E-state index is 0.0311. The van der Waals surface area contributed by atoms with Crippen LogP contribution in [-0.2, 0) is 82.9 Å². The Bertz CT molecular complexity index is 2930. The summed E-state index contributed by atoms with van der Waals surface area (Å²) in [5.74, 6) is -3.25. The number of fused-ring (bicyclic) bond motifs is 2. The summed E-state index contributed by atoms with van der Waals surface area (Å²) in [6.07, 6.45) is 5.84. The molecule has 4 N–H and O–H groups in total. The van der Waals surface area contributed by atoms with Crippen LogP contribution >= 0.6 is 0 Å². The highest BCUT2D eigenvalue weighted by Crippen LogP contribution is 2.43. The first kappa shape index (κ1) is 69.7. The Hall–Kier alpha value is -6.75. The minimum Gasteiger partial charge on any atom is -0.491 e. The van der Waals surface area contributed by atoms with Crippen molar-refractivity contribution in [1.29, 1.82) is 0 Å². The lowest BCUT2D eigenvalue weighted by molar-refractivity contribution is -0.149. The summed E-state index contributed by atoms with van der Waals surface area (Å²) < 4.78 is 61.7. The predicted molar refractivity (Wildman–Crippen MR) is 324 cm³/mol. The van der Waals surface area contributed by atoms with E-state index in [2.05, 4.69) is 31.1 Å². The largest absolute Gasteiger partial charge is 0.491 e. The van der Waals surface area contributed by atoms with Crippen molar-refractivity contribution in [3.8, 4) is 17.2 Å². The molecule has 7 rings (SSSR count). The third-order valence-electron chi connectivity index (χ3n) is 17.3. The van der Waals surface area contributed by atoms with E-state index in [1.165, 1.54) is 14.2 Å². The molecule has 0 spiro atoms. The predicted octanol–water partition coefficient (Wildman–Crippen LogP) is 4.61. The Morgan fingerprint density at radius 1 is 0.843 bits per heavy atom. The second-order valence-corrected chi connectivity index (χ2v) is 24.4. The smallest absolute Gasteiger partial charge is 0.335 e. The van der Waals surface area contributed by atoms with Crippen LogP contribution in [-0.4, -0.2) is 212 Å². The lowest BCUT2D eigenvalue weighted by atomic mass is 9.89. The Morgan fingerprint density at radius 3 is 2.18 bits per heavy atom. The van der Waals surface area contributed by atoms with Crippen LogP contribution in [0, 0.1) is 23.7 Å². The van der Waals surface area contributed by atoms with E-state index in [4.69, 9.17) is 37.4 Å². The molecule has 0 radical (unpaired) electrons. The first-order chi connectivity index (χ1) is 42.8. The zero-order chi connectivity index (χ0) is 64.1. The summed E-state index contributed by atoms with van der Waals surface area (Å²) in [5.41, 5.74) is 2.08. The van der Waals surface area contributed by atoms with Crippen LogP contribution in [0.4, 0.5) is 0 Å². The van der Waals surface area contributed by atoms with Crippen molar-refractivity contribution in [2.75, 3.05) is 74.1 Å². The van der Waals surface area contributed by atoms with E-state index in [0.29, 0.717) is 103 Å². The average Bonchev–Trinajstić information content (AvgIpc) is 1.99. The molecule has 2 aromatic carbocycles. The van der Waals surface area contributed by atoms with Gasteiger partial charge < -0.3 is 63.3 Å². The van der Waals surface area contributed by atoms with Gasteiger partial charge in [-0.1, -0.05) is 81.7 Å². The topological polar surface area (TPSA) is 319 Å². The van der Waals surface area contributed by atoms with E-state index in [0.717, 1.165) is 30.5 Å². The third-order valence-corrected chi connectivity index (χ3v) is 17.8. The lowest BCUT2D eigenvalue weighted by Crippen LogP contribution is -2.60. The Balaban J connectivity index is 0.823. The van der Waals surface area contributed by atoms with Gasteiger partial charge in [-0.2, -0.15) is 0 Å². The molecule has 2 aromatic heterocycles. The van der Waals surface area contributed by atoms with Gasteiger partial charge in [0.25, 0.3) is 0 Å². The highest BCUT2D eigenvalue weighted by Gasteiger charge is 2.52. The SMILES string of the molecule is CC[C@H](C)[C@@H]([C@@H](CC(=O)N1CCC[C@H]1[C@H](OC)[C@@H](C)C(=O)N[C@@H](Cc1ccccc1)C(=O)O)OC)N(C)C(=O)[C@@H](NC(=O)[C@@H]1[C@H]2CC[C@H](C2)N1C(=O)CCCc1cn(CCOCCOCCOCCOc2ccc(-c3nnc(S(=O)O)o3)cc2)nn1)C(C)C. The van der Waals surface area contributed by atoms with Crippen molar-refractivity contribution in [2.24, 2.45) is 23.7 Å². The second-order valence-electron chi connectivity index (χ2n) is 23.5. The fourth-order valence-corrected chi connectivity index (χ4v) is 12.7. The number of carboxylic acid groups (broad SMARTS) is 1. The molecule has 1 saturated carbocycles. The number of methoxy groups -OCH3 is 2. The third kappa shape index (κ3) is 19.1. The average molecular weight is 1260 g/mol. The summed E-state index contributed by atoms with van der Waals surface area (Å²) in [6.45, 7) is 12.9. The maximum atomic E-state index is 14.8. The number of aryl methyl sites for hydroxylation is 1. The Morgan fingerprint density at radius 2 is 1.54 bits per heavy atom. The molecule has 2 bridgehead atoms. The van der Waals surface area contributed by atoms with Crippen LogP contribution in [0.3, 0.4) is 0 Å². The number of nitrogens with zero attached hydrogens (tertiary/aromatic N) is 8. The molecule has 3 aliphatic rings. The molecule has 26 nitrogen and oxygen atoms in total. The second kappa shape index (κ2) is 34.4. The molecule has 2 saturated heterocycles. The van der Waals surface area contributed by atoms with Gasteiger partial charge in [-0.25, -0.2) is 13.7 Å². The number of ether oxygens (including phenoxy) is 6. The standard InChI is InChI=1S/C62H90N10O16S/c1-9-40(4)54(50(82-7)37-52(74)71-26-14-18-49(71)56(83-8)41(5)57(75)63-48(61(78)79)35-42-15-11-10-12-16-42)69(6)60(77)53(39(2)3)64-58(76)55-44-20-23-46(36-44)72(55)51(73)19-13-17-45-38-70(68-65-45)27-28-84-29-30-85-31-32-86-33-34-87-47-24-21-43(22-25-47)59-66-67-62(88-59)89(80)81/h10-12,15-16,21-22,24-25,38-41,44,46,48-50,53-56H,9,13-14,17-20,23,26-37H2,1-8H3,(H,63,75)(H,64,76)(H,78,79)(H,80,81)/t40-,41+,44-,46+,48-,49-,50+,53-,54-,55-,56+/m0/s1. The zero-order valence-corrected chi connectivity index (χ0v) is 53.3. The molecule has 4 heterocycles. The number of aromatic nitrogens is 5. The molecule has 1 unspecified atom stereocenters. The highest BCUT2D eigenvalue weighted by atomic mass is 32.2. The number of benzene rings is 2. The molecule has 5 amide bonds. The molecular formula is C62H90N10O16S. The van der Waals surface area contributed by atoms with Crippen LogP contribution < -0.4 is 15.4 Å². The fourth-order valence-electron chi connectivity index (χ4n) is 12.4. The van der Waals surface area contributed by atoms with Gasteiger partial charge in [0.15, 0.2) is 0 Å². The van der Waals surface area contributed by atoms with Crippen molar-refractivity contribution in [3.63, 3.8) is 0 Å². The van der Waals surface area contributed by atoms with Crippen molar-refractivity contribution in [2.45, 2.75) is 165 Å². The number of nitrogens with one attached hydrogen (secondary N) is 2. The molecule has 3 fully saturated rings. The maximum Gasteiger partial charge on any atom is 0.335 e. The first-order valence-electron chi connectivity index (χ1n) is 30.9. The number of aliphatic carboxylic acids is 1. The minimum atomic E-state index is -2.35. The quantitative estimate of drug-likeness (QED) is 0.0352. The number of carbonyl (C=O) groups is 6. The van der Waals surface area contributed by atoms with Crippen molar-refractivity contribution in [1.82, 2.24) is 50.5 Å². The zero-order valence-electron chi connectivity index (χ0n) is 52.4. The number of hydrogen-bond acceptors (Lipinski definition) is 18. The molecule has 2 aliphatic heterocycles. The number of hydrogen-bond donors (Lipinski definition) is 4. The van der Waals surface area contributed by atoms with Crippen molar-refractivity contribution >= 4 is 46.6 Å². The summed E-state index contributed by atoms with van der Waals surface area (Å²) in [4.78, 5) is 88.9. The first-order valence-corrected chi connectivity index (χ1v) is 32.0. The van der Waals surface area contributed by atoms with Gasteiger partial charge in [0.1, 0.15) is 30.5 Å². The Labute approximate surface area is 523 Å². The van der Waals surface area contributed by atoms with E-state index in [-0.39, 0.29) is 77.8 Å².